The molecular weight excluding hydrogens is 260 g/mol. The fourth-order valence-corrected chi connectivity index (χ4v) is 1.80. The van der Waals surface area contributed by atoms with E-state index in [0.29, 0.717) is 23.1 Å². The minimum atomic E-state index is -0.255. The first-order valence-electron chi connectivity index (χ1n) is 5.90. The average molecular weight is 272 g/mol. The molecule has 1 amide bonds. The molecular formula is C11H12N8O. The van der Waals surface area contributed by atoms with Crippen LogP contribution in [0.5, 0.6) is 0 Å². The predicted octanol–water partition coefficient (Wildman–Crippen LogP) is -0.0601. The first kappa shape index (κ1) is 12.1. The lowest BCUT2D eigenvalue weighted by molar-refractivity contribution is 0.0957. The van der Waals surface area contributed by atoms with E-state index >= 15 is 0 Å². The largest absolute Gasteiger partial charge is 0.357 e. The summed E-state index contributed by atoms with van der Waals surface area (Å²) in [4.78, 5) is 20.1. The highest BCUT2D eigenvalue weighted by Gasteiger charge is 2.14. The lowest BCUT2D eigenvalue weighted by atomic mass is 10.4. The maximum absolute atomic E-state index is 11.5. The first-order valence-corrected chi connectivity index (χ1v) is 5.90. The zero-order chi connectivity index (χ0) is 14.1. The van der Waals surface area contributed by atoms with E-state index in [1.54, 1.807) is 32.6 Å². The number of hydrogen-bond donors (Lipinski definition) is 3. The van der Waals surface area contributed by atoms with Gasteiger partial charge in [0.05, 0.1) is 11.6 Å². The molecule has 0 aromatic carbocycles. The molecule has 102 valence electrons. The quantitative estimate of drug-likeness (QED) is 0.615. The van der Waals surface area contributed by atoms with E-state index in [4.69, 9.17) is 0 Å². The van der Waals surface area contributed by atoms with Crippen molar-refractivity contribution in [2.45, 2.75) is 0 Å². The Hall–Kier alpha value is -2.97. The van der Waals surface area contributed by atoms with E-state index in [2.05, 4.69) is 35.9 Å². The monoisotopic (exact) mass is 272 g/mol. The van der Waals surface area contributed by atoms with Crippen molar-refractivity contribution in [3.05, 3.63) is 24.2 Å². The molecule has 3 heterocycles. The van der Waals surface area contributed by atoms with Crippen molar-refractivity contribution in [3.63, 3.8) is 0 Å². The Morgan fingerprint density at radius 2 is 2.20 bits per heavy atom. The van der Waals surface area contributed by atoms with Crippen molar-refractivity contribution in [2.75, 3.05) is 19.4 Å². The highest BCUT2D eigenvalue weighted by atomic mass is 16.1. The molecule has 0 radical (unpaired) electrons. The van der Waals surface area contributed by atoms with Crippen molar-refractivity contribution < 1.29 is 4.79 Å². The second-order valence-corrected chi connectivity index (χ2v) is 3.98. The van der Waals surface area contributed by atoms with Crippen LogP contribution >= 0.6 is 0 Å². The molecule has 3 N–H and O–H groups in total. The Bertz CT molecular complexity index is 774. The molecule has 0 aliphatic heterocycles. The van der Waals surface area contributed by atoms with Gasteiger partial charge in [0.25, 0.3) is 5.91 Å². The summed E-state index contributed by atoms with van der Waals surface area (Å²) in [6, 6.07) is 1.62. The van der Waals surface area contributed by atoms with Crippen molar-refractivity contribution >= 4 is 22.9 Å². The van der Waals surface area contributed by atoms with Gasteiger partial charge in [0.1, 0.15) is 0 Å². The molecule has 0 saturated heterocycles. The summed E-state index contributed by atoms with van der Waals surface area (Å²) >= 11 is 0. The Balaban J connectivity index is 2.15. The summed E-state index contributed by atoms with van der Waals surface area (Å²) in [7, 11) is 3.28. The Morgan fingerprint density at radius 1 is 1.35 bits per heavy atom. The summed E-state index contributed by atoms with van der Waals surface area (Å²) in [6.45, 7) is 0. The standard InChI is InChI=1S/C11H12N8O/c1-12-10(20)7-3-4-19(18-7)9-6-5-14-17-8(6)15-11(13-2)16-9/h3-5H,1-2H3,(H,12,20)(H2,13,14,15,16,17). The third kappa shape index (κ3) is 1.85. The third-order valence-electron chi connectivity index (χ3n) is 2.78. The van der Waals surface area contributed by atoms with Crippen LogP contribution in [-0.2, 0) is 0 Å². The van der Waals surface area contributed by atoms with Gasteiger partial charge >= 0.3 is 0 Å². The maximum Gasteiger partial charge on any atom is 0.271 e. The Morgan fingerprint density at radius 3 is 2.95 bits per heavy atom. The number of anilines is 1. The van der Waals surface area contributed by atoms with Gasteiger partial charge in [-0.2, -0.15) is 20.2 Å². The van der Waals surface area contributed by atoms with E-state index in [1.165, 1.54) is 4.68 Å². The summed E-state index contributed by atoms with van der Waals surface area (Å²) in [6.07, 6.45) is 3.28. The molecule has 0 spiro atoms. The van der Waals surface area contributed by atoms with Crippen LogP contribution in [-0.4, -0.2) is 49.9 Å². The van der Waals surface area contributed by atoms with Crippen LogP contribution in [0.3, 0.4) is 0 Å². The molecule has 9 nitrogen and oxygen atoms in total. The number of nitrogens with zero attached hydrogens (tertiary/aromatic N) is 5. The van der Waals surface area contributed by atoms with Gasteiger partial charge in [-0.1, -0.05) is 0 Å². The molecule has 3 rings (SSSR count). The van der Waals surface area contributed by atoms with E-state index in [9.17, 15) is 4.79 Å². The second-order valence-electron chi connectivity index (χ2n) is 3.98. The summed E-state index contributed by atoms with van der Waals surface area (Å²) in [5.41, 5.74) is 0.908. The van der Waals surface area contributed by atoms with E-state index in [0.717, 1.165) is 5.39 Å². The van der Waals surface area contributed by atoms with Gasteiger partial charge < -0.3 is 10.6 Å². The number of nitrogens with one attached hydrogen (secondary N) is 3. The number of aromatic amines is 1. The number of fused-ring (bicyclic) bond motifs is 1. The first-order chi connectivity index (χ1) is 9.72. The second kappa shape index (κ2) is 4.61. The fraction of sp³-hybridized carbons (Fsp3) is 0.182. The Labute approximate surface area is 113 Å². The number of amides is 1. The Kier molecular flexibility index (Phi) is 2.78. The lowest BCUT2D eigenvalue weighted by Crippen LogP contribution is -2.18. The van der Waals surface area contributed by atoms with E-state index in [1.807, 2.05) is 0 Å². The smallest absolute Gasteiger partial charge is 0.271 e. The van der Waals surface area contributed by atoms with Crippen LogP contribution in [0.25, 0.3) is 16.9 Å². The molecule has 0 atom stereocenters. The molecule has 0 aliphatic carbocycles. The number of carbonyl (C=O) groups is 1. The fourth-order valence-electron chi connectivity index (χ4n) is 1.80. The predicted molar refractivity (Wildman–Crippen MR) is 71.7 cm³/mol. The van der Waals surface area contributed by atoms with Gasteiger partial charge in [0, 0.05) is 20.3 Å². The molecule has 20 heavy (non-hydrogen) atoms. The van der Waals surface area contributed by atoms with Gasteiger partial charge in [-0.25, -0.2) is 4.68 Å². The SMILES string of the molecule is CNC(=O)c1ccn(-c2nc(NC)nc3[nH]ncc23)n1. The van der Waals surface area contributed by atoms with Crippen molar-refractivity contribution in [1.29, 1.82) is 0 Å². The van der Waals surface area contributed by atoms with Crippen LogP contribution in [0.4, 0.5) is 5.95 Å². The number of carbonyl (C=O) groups excluding carboxylic acids is 1. The summed E-state index contributed by atoms with van der Waals surface area (Å²) in [5.74, 6) is 0.729. The highest BCUT2D eigenvalue weighted by molar-refractivity contribution is 5.92. The van der Waals surface area contributed by atoms with Gasteiger partial charge in [-0.3, -0.25) is 9.89 Å². The van der Waals surface area contributed by atoms with Gasteiger partial charge in [0.2, 0.25) is 5.95 Å². The number of rotatable bonds is 3. The van der Waals surface area contributed by atoms with Gasteiger partial charge in [0.15, 0.2) is 17.2 Å². The normalized spacial score (nSPS) is 10.7. The minimum absolute atomic E-state index is 0.255. The summed E-state index contributed by atoms with van der Waals surface area (Å²) in [5, 5.41) is 17.0. The van der Waals surface area contributed by atoms with Crippen LogP contribution in [0, 0.1) is 0 Å². The van der Waals surface area contributed by atoms with E-state index < -0.39 is 0 Å². The highest BCUT2D eigenvalue weighted by Crippen LogP contribution is 2.18. The molecule has 0 fully saturated rings. The molecule has 3 aromatic rings. The number of hydrogen-bond acceptors (Lipinski definition) is 6. The lowest BCUT2D eigenvalue weighted by Gasteiger charge is -2.04. The van der Waals surface area contributed by atoms with Crippen LogP contribution < -0.4 is 10.6 Å². The van der Waals surface area contributed by atoms with Crippen molar-refractivity contribution in [3.8, 4) is 5.82 Å². The van der Waals surface area contributed by atoms with E-state index in [-0.39, 0.29) is 5.91 Å². The number of H-pyrrole nitrogens is 1. The summed E-state index contributed by atoms with van der Waals surface area (Å²) < 4.78 is 1.52. The molecule has 3 aromatic heterocycles. The molecule has 0 unspecified atom stereocenters. The number of aromatic nitrogens is 6. The van der Waals surface area contributed by atoms with Gasteiger partial charge in [-0.05, 0) is 6.07 Å². The zero-order valence-corrected chi connectivity index (χ0v) is 10.9. The molecule has 0 bridgehead atoms. The maximum atomic E-state index is 11.5. The van der Waals surface area contributed by atoms with Crippen molar-refractivity contribution in [2.24, 2.45) is 0 Å². The topological polar surface area (TPSA) is 113 Å². The van der Waals surface area contributed by atoms with Crippen LogP contribution in [0.2, 0.25) is 0 Å². The molecule has 0 saturated carbocycles. The molecule has 9 heteroatoms. The minimum Gasteiger partial charge on any atom is -0.357 e. The average Bonchev–Trinajstić information content (AvgIpc) is 3.13. The van der Waals surface area contributed by atoms with Crippen LogP contribution in [0.15, 0.2) is 18.5 Å². The zero-order valence-electron chi connectivity index (χ0n) is 10.9. The third-order valence-corrected chi connectivity index (χ3v) is 2.78. The van der Waals surface area contributed by atoms with Crippen LogP contribution in [0.1, 0.15) is 10.5 Å². The molecule has 0 aliphatic rings. The van der Waals surface area contributed by atoms with Crippen molar-refractivity contribution in [1.82, 2.24) is 35.3 Å². The van der Waals surface area contributed by atoms with Gasteiger partial charge in [-0.15, -0.1) is 0 Å².